The molecule has 0 bridgehead atoms. The molecule has 0 aliphatic carbocycles. The summed E-state index contributed by atoms with van der Waals surface area (Å²) in [6.45, 7) is 2.23. The zero-order valence-electron chi connectivity index (χ0n) is 16.0. The minimum absolute atomic E-state index is 0.0911. The molecule has 0 unspecified atom stereocenters. The normalized spacial score (nSPS) is 11.0. The van der Waals surface area contributed by atoms with Crippen LogP contribution in [0.2, 0.25) is 0 Å². The monoisotopic (exact) mass is 440 g/mol. The molecule has 3 rings (SSSR count). The first-order valence-corrected chi connectivity index (χ1v) is 9.54. The van der Waals surface area contributed by atoms with Gasteiger partial charge in [-0.3, -0.25) is 9.48 Å². The van der Waals surface area contributed by atoms with Crippen LogP contribution in [0, 0.1) is 6.92 Å². The highest BCUT2D eigenvalue weighted by Gasteiger charge is 2.09. The topological polar surface area (TPSA) is 53.3 Å². The molecule has 0 atom stereocenters. The lowest BCUT2D eigenvalue weighted by molar-refractivity contribution is 0.103. The number of carbonyl (C=O) groups is 1. The number of halogens is 1. The third kappa shape index (κ3) is 4.89. The Morgan fingerprint density at radius 1 is 1.18 bits per heavy atom. The number of methoxy groups -OCH3 is 1. The lowest BCUT2D eigenvalue weighted by atomic mass is 10.1. The molecular formula is C22H21BrN2O3. The third-order valence-corrected chi connectivity index (χ3v) is 4.72. The van der Waals surface area contributed by atoms with E-state index in [-0.39, 0.29) is 5.78 Å². The molecule has 1 heterocycles. The van der Waals surface area contributed by atoms with Gasteiger partial charge in [-0.1, -0.05) is 28.1 Å². The van der Waals surface area contributed by atoms with Crippen molar-refractivity contribution in [1.29, 1.82) is 0 Å². The maximum Gasteiger partial charge on any atom is 0.203 e. The number of allylic oxidation sites excluding steroid dienone is 1. The van der Waals surface area contributed by atoms with Gasteiger partial charge in [-0.05, 0) is 61.0 Å². The quantitative estimate of drug-likeness (QED) is 0.384. The average molecular weight is 441 g/mol. The maximum absolute atomic E-state index is 12.4. The molecule has 0 spiro atoms. The van der Waals surface area contributed by atoms with E-state index in [0.717, 1.165) is 32.8 Å². The molecule has 0 saturated carbocycles. The molecule has 6 heteroatoms. The Kier molecular flexibility index (Phi) is 6.31. The number of benzene rings is 2. The van der Waals surface area contributed by atoms with Crippen molar-refractivity contribution < 1.29 is 14.3 Å². The SMILES string of the molecule is COc1ccc(/C=C/C(=O)c2cc(C)nn2C)cc1COc1ccc(Br)cc1. The standard InChI is InChI=1S/C22H21BrN2O3/c1-15-12-20(25(2)24-15)21(26)10-4-16-5-11-22(27-3)17(13-16)14-28-19-8-6-18(23)7-9-19/h4-13H,14H2,1-3H3/b10-4+. The van der Waals surface area contributed by atoms with E-state index in [0.29, 0.717) is 12.3 Å². The highest BCUT2D eigenvalue weighted by atomic mass is 79.9. The van der Waals surface area contributed by atoms with E-state index in [1.54, 1.807) is 37.1 Å². The van der Waals surface area contributed by atoms with Gasteiger partial charge in [0.05, 0.1) is 12.8 Å². The van der Waals surface area contributed by atoms with Crippen molar-refractivity contribution in [2.75, 3.05) is 7.11 Å². The van der Waals surface area contributed by atoms with Crippen LogP contribution in [0.4, 0.5) is 0 Å². The van der Waals surface area contributed by atoms with Crippen LogP contribution < -0.4 is 9.47 Å². The van der Waals surface area contributed by atoms with E-state index >= 15 is 0 Å². The highest BCUT2D eigenvalue weighted by molar-refractivity contribution is 9.10. The van der Waals surface area contributed by atoms with Crippen molar-refractivity contribution in [2.24, 2.45) is 7.05 Å². The van der Waals surface area contributed by atoms with E-state index in [9.17, 15) is 4.79 Å². The summed E-state index contributed by atoms with van der Waals surface area (Å²) in [6, 6.07) is 15.2. The van der Waals surface area contributed by atoms with Crippen molar-refractivity contribution in [1.82, 2.24) is 9.78 Å². The molecule has 2 aromatic carbocycles. The molecule has 0 saturated heterocycles. The summed E-state index contributed by atoms with van der Waals surface area (Å²) in [7, 11) is 3.39. The molecule has 1 aromatic heterocycles. The number of aromatic nitrogens is 2. The summed E-state index contributed by atoms with van der Waals surface area (Å²) >= 11 is 3.41. The van der Waals surface area contributed by atoms with Crippen LogP contribution >= 0.6 is 15.9 Å². The van der Waals surface area contributed by atoms with Crippen LogP contribution in [0.1, 0.15) is 27.3 Å². The molecule has 144 valence electrons. The van der Waals surface area contributed by atoms with E-state index < -0.39 is 0 Å². The molecule has 0 aliphatic rings. The van der Waals surface area contributed by atoms with Crippen molar-refractivity contribution in [3.63, 3.8) is 0 Å². The number of ether oxygens (including phenoxy) is 2. The molecule has 0 amide bonds. The summed E-state index contributed by atoms with van der Waals surface area (Å²) in [5.41, 5.74) is 3.16. The molecule has 28 heavy (non-hydrogen) atoms. The Labute approximate surface area is 172 Å². The lowest BCUT2D eigenvalue weighted by Crippen LogP contribution is -2.04. The van der Waals surface area contributed by atoms with Gasteiger partial charge in [0, 0.05) is 17.1 Å². The Morgan fingerprint density at radius 2 is 1.93 bits per heavy atom. The summed E-state index contributed by atoms with van der Waals surface area (Å²) in [5, 5.41) is 4.21. The van der Waals surface area contributed by atoms with Crippen LogP contribution in [0.25, 0.3) is 6.08 Å². The van der Waals surface area contributed by atoms with E-state index in [2.05, 4.69) is 21.0 Å². The molecule has 0 fully saturated rings. The van der Waals surface area contributed by atoms with Crippen LogP contribution in [0.15, 0.2) is 59.1 Å². The Morgan fingerprint density at radius 3 is 2.57 bits per heavy atom. The fraction of sp³-hybridized carbons (Fsp3) is 0.182. The Balaban J connectivity index is 1.75. The predicted octanol–water partition coefficient (Wildman–Crippen LogP) is 4.97. The number of nitrogens with zero attached hydrogens (tertiary/aromatic N) is 2. The predicted molar refractivity (Wildman–Crippen MR) is 113 cm³/mol. The molecule has 0 N–H and O–H groups in total. The third-order valence-electron chi connectivity index (χ3n) is 4.19. The molecule has 0 radical (unpaired) electrons. The van der Waals surface area contributed by atoms with E-state index in [1.165, 1.54) is 0 Å². The molecule has 0 aliphatic heterocycles. The van der Waals surface area contributed by atoms with Crippen LogP contribution in [0.5, 0.6) is 11.5 Å². The first-order chi connectivity index (χ1) is 13.5. The van der Waals surface area contributed by atoms with Crippen molar-refractivity contribution >= 4 is 27.8 Å². The second-order valence-electron chi connectivity index (χ2n) is 6.31. The Bertz CT molecular complexity index is 1010. The summed E-state index contributed by atoms with van der Waals surface area (Å²) in [4.78, 5) is 12.4. The number of ketones is 1. The summed E-state index contributed by atoms with van der Waals surface area (Å²) in [6.07, 6.45) is 3.34. The van der Waals surface area contributed by atoms with Gasteiger partial charge >= 0.3 is 0 Å². The highest BCUT2D eigenvalue weighted by Crippen LogP contribution is 2.24. The van der Waals surface area contributed by atoms with E-state index in [4.69, 9.17) is 9.47 Å². The number of hydrogen-bond acceptors (Lipinski definition) is 4. The molecular weight excluding hydrogens is 420 g/mol. The van der Waals surface area contributed by atoms with Gasteiger partial charge in [0.1, 0.15) is 23.8 Å². The van der Waals surface area contributed by atoms with Crippen molar-refractivity contribution in [3.05, 3.63) is 81.6 Å². The first kappa shape index (κ1) is 19.9. The average Bonchev–Trinajstić information content (AvgIpc) is 3.04. The van der Waals surface area contributed by atoms with Gasteiger partial charge in [-0.15, -0.1) is 0 Å². The smallest absolute Gasteiger partial charge is 0.203 e. The van der Waals surface area contributed by atoms with Crippen LogP contribution in [0.3, 0.4) is 0 Å². The lowest BCUT2D eigenvalue weighted by Gasteiger charge is -2.11. The van der Waals surface area contributed by atoms with Gasteiger partial charge < -0.3 is 9.47 Å². The minimum atomic E-state index is -0.0911. The van der Waals surface area contributed by atoms with Gasteiger partial charge in [-0.25, -0.2) is 0 Å². The largest absolute Gasteiger partial charge is 0.496 e. The van der Waals surface area contributed by atoms with Gasteiger partial charge in [-0.2, -0.15) is 5.10 Å². The maximum atomic E-state index is 12.4. The van der Waals surface area contributed by atoms with Crippen LogP contribution in [-0.4, -0.2) is 22.7 Å². The Hall–Kier alpha value is -2.86. The minimum Gasteiger partial charge on any atom is -0.496 e. The zero-order valence-corrected chi connectivity index (χ0v) is 17.6. The fourth-order valence-electron chi connectivity index (χ4n) is 2.81. The second kappa shape index (κ2) is 8.89. The van der Waals surface area contributed by atoms with Gasteiger partial charge in [0.25, 0.3) is 0 Å². The van der Waals surface area contributed by atoms with E-state index in [1.807, 2.05) is 49.4 Å². The number of hydrogen-bond donors (Lipinski definition) is 0. The number of rotatable bonds is 7. The first-order valence-electron chi connectivity index (χ1n) is 8.74. The van der Waals surface area contributed by atoms with Crippen LogP contribution in [-0.2, 0) is 13.7 Å². The summed E-state index contributed by atoms with van der Waals surface area (Å²) in [5.74, 6) is 1.42. The number of carbonyl (C=O) groups excluding carboxylic acids is 1. The fourth-order valence-corrected chi connectivity index (χ4v) is 3.07. The number of aryl methyl sites for hydroxylation is 2. The molecule has 3 aromatic rings. The summed E-state index contributed by atoms with van der Waals surface area (Å²) < 4.78 is 13.9. The van der Waals surface area contributed by atoms with Gasteiger partial charge in [0.2, 0.25) is 5.78 Å². The van der Waals surface area contributed by atoms with Crippen molar-refractivity contribution in [2.45, 2.75) is 13.5 Å². The second-order valence-corrected chi connectivity index (χ2v) is 7.22. The zero-order chi connectivity index (χ0) is 20.1. The van der Waals surface area contributed by atoms with Gasteiger partial charge in [0.15, 0.2) is 0 Å². The van der Waals surface area contributed by atoms with Crippen molar-refractivity contribution in [3.8, 4) is 11.5 Å². The molecule has 5 nitrogen and oxygen atoms in total.